The Labute approximate surface area is 137 Å². The van der Waals surface area contributed by atoms with Crippen LogP contribution in [-0.4, -0.2) is 31.6 Å². The van der Waals surface area contributed by atoms with Gasteiger partial charge in [-0.2, -0.15) is 5.26 Å². The van der Waals surface area contributed by atoms with Crippen molar-refractivity contribution in [2.24, 2.45) is 5.41 Å². The van der Waals surface area contributed by atoms with Gasteiger partial charge in [0, 0.05) is 13.1 Å². The summed E-state index contributed by atoms with van der Waals surface area (Å²) in [6.45, 7) is 2.99. The molecule has 1 fully saturated rings. The van der Waals surface area contributed by atoms with Crippen LogP contribution in [0, 0.1) is 16.7 Å². The summed E-state index contributed by atoms with van der Waals surface area (Å²) < 4.78 is 10.5. The second-order valence-electron chi connectivity index (χ2n) is 5.91. The summed E-state index contributed by atoms with van der Waals surface area (Å²) in [5.74, 6) is 1.26. The Morgan fingerprint density at radius 3 is 2.43 bits per heavy atom. The molecule has 0 spiro atoms. The van der Waals surface area contributed by atoms with Crippen molar-refractivity contribution in [1.82, 2.24) is 4.90 Å². The van der Waals surface area contributed by atoms with Crippen LogP contribution in [-0.2, 0) is 11.3 Å². The highest BCUT2D eigenvalue weighted by atomic mass is 16.5. The van der Waals surface area contributed by atoms with Gasteiger partial charge in [-0.3, -0.25) is 4.79 Å². The van der Waals surface area contributed by atoms with Gasteiger partial charge in [0.1, 0.15) is 5.41 Å². The third-order valence-corrected chi connectivity index (χ3v) is 4.57. The standard InChI is InChI=1S/C18H24N2O3/c1-4-20(17(21)18(13-19)9-5-6-10-18)12-14-7-8-15(22-2)16(11-14)23-3/h7-8,11H,4-6,9-10,12H2,1-3H3. The second-order valence-corrected chi connectivity index (χ2v) is 5.91. The third-order valence-electron chi connectivity index (χ3n) is 4.57. The van der Waals surface area contributed by atoms with Crippen LogP contribution < -0.4 is 9.47 Å². The molecule has 0 atom stereocenters. The van der Waals surface area contributed by atoms with Crippen molar-refractivity contribution in [3.8, 4) is 17.6 Å². The fourth-order valence-corrected chi connectivity index (χ4v) is 3.18. The molecule has 2 rings (SSSR count). The van der Waals surface area contributed by atoms with E-state index in [1.165, 1.54) is 0 Å². The Kier molecular flexibility index (Phi) is 5.49. The highest BCUT2D eigenvalue weighted by molar-refractivity contribution is 5.85. The average molecular weight is 316 g/mol. The monoisotopic (exact) mass is 316 g/mol. The molecule has 0 bridgehead atoms. The van der Waals surface area contributed by atoms with E-state index >= 15 is 0 Å². The van der Waals surface area contributed by atoms with Gasteiger partial charge in [0.05, 0.1) is 20.3 Å². The van der Waals surface area contributed by atoms with Crippen molar-refractivity contribution in [3.05, 3.63) is 23.8 Å². The van der Waals surface area contributed by atoms with E-state index in [-0.39, 0.29) is 5.91 Å². The van der Waals surface area contributed by atoms with Crippen molar-refractivity contribution < 1.29 is 14.3 Å². The maximum atomic E-state index is 12.9. The van der Waals surface area contributed by atoms with Crippen molar-refractivity contribution in [2.45, 2.75) is 39.2 Å². The fraction of sp³-hybridized carbons (Fsp3) is 0.556. The lowest BCUT2D eigenvalue weighted by Gasteiger charge is -2.29. The van der Waals surface area contributed by atoms with E-state index in [2.05, 4.69) is 6.07 Å². The summed E-state index contributed by atoms with van der Waals surface area (Å²) >= 11 is 0. The molecule has 0 aliphatic heterocycles. The van der Waals surface area contributed by atoms with Gasteiger partial charge in [-0.25, -0.2) is 0 Å². The Morgan fingerprint density at radius 1 is 1.26 bits per heavy atom. The number of carbonyl (C=O) groups excluding carboxylic acids is 1. The summed E-state index contributed by atoms with van der Waals surface area (Å²) in [4.78, 5) is 14.6. The van der Waals surface area contributed by atoms with E-state index in [1.807, 2.05) is 25.1 Å². The van der Waals surface area contributed by atoms with E-state index < -0.39 is 5.41 Å². The number of carbonyl (C=O) groups is 1. The number of methoxy groups -OCH3 is 2. The van der Waals surface area contributed by atoms with E-state index in [1.54, 1.807) is 19.1 Å². The van der Waals surface area contributed by atoms with Gasteiger partial charge in [0.2, 0.25) is 5.91 Å². The van der Waals surface area contributed by atoms with Gasteiger partial charge in [-0.15, -0.1) is 0 Å². The first-order valence-electron chi connectivity index (χ1n) is 8.01. The van der Waals surface area contributed by atoms with Gasteiger partial charge in [0.15, 0.2) is 11.5 Å². The molecule has 0 N–H and O–H groups in total. The molecule has 0 aromatic heterocycles. The minimum Gasteiger partial charge on any atom is -0.493 e. The molecular weight excluding hydrogens is 292 g/mol. The zero-order valence-electron chi connectivity index (χ0n) is 14.1. The fourth-order valence-electron chi connectivity index (χ4n) is 3.18. The SMILES string of the molecule is CCN(Cc1ccc(OC)c(OC)c1)C(=O)C1(C#N)CCCC1. The van der Waals surface area contributed by atoms with Crippen LogP contribution in [0.1, 0.15) is 38.2 Å². The maximum Gasteiger partial charge on any atom is 0.243 e. The molecule has 124 valence electrons. The molecule has 23 heavy (non-hydrogen) atoms. The molecule has 1 saturated carbocycles. The first-order chi connectivity index (χ1) is 11.1. The van der Waals surface area contributed by atoms with Crippen LogP contribution in [0.3, 0.4) is 0 Å². The lowest BCUT2D eigenvalue weighted by molar-refractivity contribution is -0.139. The summed E-state index contributed by atoms with van der Waals surface area (Å²) in [6, 6.07) is 7.92. The van der Waals surface area contributed by atoms with E-state index in [0.29, 0.717) is 37.4 Å². The predicted octanol–water partition coefficient (Wildman–Crippen LogP) is 3.14. The molecule has 1 aliphatic carbocycles. The molecule has 0 heterocycles. The molecule has 0 radical (unpaired) electrons. The topological polar surface area (TPSA) is 62.6 Å². The number of ether oxygens (including phenoxy) is 2. The van der Waals surface area contributed by atoms with Crippen molar-refractivity contribution >= 4 is 5.91 Å². The summed E-state index contributed by atoms with van der Waals surface area (Å²) in [7, 11) is 3.18. The van der Waals surface area contributed by atoms with Crippen molar-refractivity contribution in [2.75, 3.05) is 20.8 Å². The molecule has 1 aromatic rings. The number of hydrogen-bond acceptors (Lipinski definition) is 4. The number of amides is 1. The van der Waals surface area contributed by atoms with Gasteiger partial charge in [-0.05, 0) is 37.5 Å². The Bertz CT molecular complexity index is 601. The summed E-state index contributed by atoms with van der Waals surface area (Å²) in [5.41, 5.74) is 0.135. The minimum atomic E-state index is -0.827. The van der Waals surface area contributed by atoms with Crippen LogP contribution in [0.15, 0.2) is 18.2 Å². The molecule has 1 aromatic carbocycles. The number of nitriles is 1. The minimum absolute atomic E-state index is 0.0465. The van der Waals surface area contributed by atoms with E-state index in [0.717, 1.165) is 18.4 Å². The predicted molar refractivity (Wildman–Crippen MR) is 87.2 cm³/mol. The number of nitrogens with zero attached hydrogens (tertiary/aromatic N) is 2. The Balaban J connectivity index is 2.19. The molecule has 0 unspecified atom stereocenters. The maximum absolute atomic E-state index is 12.9. The normalized spacial score (nSPS) is 15.7. The van der Waals surface area contributed by atoms with E-state index in [4.69, 9.17) is 9.47 Å². The van der Waals surface area contributed by atoms with Crippen LogP contribution in [0.5, 0.6) is 11.5 Å². The van der Waals surface area contributed by atoms with Crippen LogP contribution in [0.2, 0.25) is 0 Å². The molecule has 5 nitrogen and oxygen atoms in total. The summed E-state index contributed by atoms with van der Waals surface area (Å²) in [5, 5.41) is 9.51. The van der Waals surface area contributed by atoms with Crippen LogP contribution in [0.25, 0.3) is 0 Å². The first kappa shape index (κ1) is 17.1. The number of benzene rings is 1. The smallest absolute Gasteiger partial charge is 0.243 e. The largest absolute Gasteiger partial charge is 0.493 e. The van der Waals surface area contributed by atoms with Gasteiger partial charge < -0.3 is 14.4 Å². The van der Waals surface area contributed by atoms with Gasteiger partial charge in [0.25, 0.3) is 0 Å². The molecule has 0 saturated heterocycles. The van der Waals surface area contributed by atoms with Gasteiger partial charge in [-0.1, -0.05) is 18.9 Å². The summed E-state index contributed by atoms with van der Waals surface area (Å²) in [6.07, 6.45) is 3.25. The zero-order chi connectivity index (χ0) is 16.9. The third kappa shape index (κ3) is 3.42. The molecular formula is C18H24N2O3. The Morgan fingerprint density at radius 2 is 1.91 bits per heavy atom. The van der Waals surface area contributed by atoms with Crippen molar-refractivity contribution in [1.29, 1.82) is 5.26 Å². The molecule has 1 aliphatic rings. The average Bonchev–Trinajstić information content (AvgIpc) is 3.09. The van der Waals surface area contributed by atoms with Crippen LogP contribution in [0.4, 0.5) is 0 Å². The lowest BCUT2D eigenvalue weighted by Crippen LogP contribution is -2.41. The quantitative estimate of drug-likeness (QED) is 0.809. The lowest BCUT2D eigenvalue weighted by atomic mass is 9.86. The first-order valence-corrected chi connectivity index (χ1v) is 8.01. The second kappa shape index (κ2) is 7.36. The van der Waals surface area contributed by atoms with Crippen LogP contribution >= 0.6 is 0 Å². The van der Waals surface area contributed by atoms with E-state index in [9.17, 15) is 10.1 Å². The molecule has 1 amide bonds. The molecule has 5 heteroatoms. The Hall–Kier alpha value is -2.22. The van der Waals surface area contributed by atoms with Gasteiger partial charge >= 0.3 is 0 Å². The highest BCUT2D eigenvalue weighted by Crippen LogP contribution is 2.39. The zero-order valence-corrected chi connectivity index (χ0v) is 14.1. The number of rotatable bonds is 6. The number of hydrogen-bond donors (Lipinski definition) is 0. The van der Waals surface area contributed by atoms with Crippen molar-refractivity contribution in [3.63, 3.8) is 0 Å². The highest BCUT2D eigenvalue weighted by Gasteiger charge is 2.43.